The average molecular weight is 266 g/mol. The number of benzene rings is 2. The van der Waals surface area contributed by atoms with E-state index in [9.17, 15) is 0 Å². The molecular weight excluding hydrogens is 252 g/mol. The second-order valence-electron chi connectivity index (χ2n) is 4.31. The highest BCUT2D eigenvalue weighted by atomic mass is 16.5. The van der Waals surface area contributed by atoms with Gasteiger partial charge in [0.15, 0.2) is 0 Å². The van der Waals surface area contributed by atoms with E-state index < -0.39 is 0 Å². The van der Waals surface area contributed by atoms with Crippen LogP contribution in [-0.4, -0.2) is 0 Å². The molecule has 0 saturated carbocycles. The van der Waals surface area contributed by atoms with Crippen LogP contribution in [0.5, 0.6) is 17.2 Å². The Bertz CT molecular complexity index is 628. The van der Waals surface area contributed by atoms with Gasteiger partial charge in [0.05, 0.1) is 12.5 Å². The lowest BCUT2D eigenvalue weighted by Crippen LogP contribution is -1.93. The van der Waals surface area contributed by atoms with Crippen molar-refractivity contribution in [2.75, 3.05) is 0 Å². The molecule has 100 valence electrons. The second kappa shape index (κ2) is 5.97. The van der Waals surface area contributed by atoms with Crippen molar-refractivity contribution >= 4 is 0 Å². The van der Waals surface area contributed by atoms with Crippen molar-refractivity contribution in [3.63, 3.8) is 0 Å². The third kappa shape index (κ3) is 3.20. The summed E-state index contributed by atoms with van der Waals surface area (Å²) in [5, 5.41) is 0. The summed E-state index contributed by atoms with van der Waals surface area (Å²) >= 11 is 0. The fourth-order valence-corrected chi connectivity index (χ4v) is 1.77. The highest BCUT2D eigenvalue weighted by Crippen LogP contribution is 2.23. The summed E-state index contributed by atoms with van der Waals surface area (Å²) < 4.78 is 16.3. The molecule has 0 spiro atoms. The summed E-state index contributed by atoms with van der Waals surface area (Å²) in [6.45, 7) is 0.495. The first-order chi connectivity index (χ1) is 9.90. The van der Waals surface area contributed by atoms with Gasteiger partial charge < -0.3 is 13.9 Å². The maximum absolute atomic E-state index is 5.71. The Morgan fingerprint density at radius 2 is 1.45 bits per heavy atom. The van der Waals surface area contributed by atoms with E-state index in [2.05, 4.69) is 0 Å². The molecule has 0 saturated heterocycles. The van der Waals surface area contributed by atoms with Crippen molar-refractivity contribution in [2.45, 2.75) is 6.61 Å². The SMILES string of the molecule is c1ccc(Oc2ccc(OCc3ccoc3)cc2)cc1. The van der Waals surface area contributed by atoms with Gasteiger partial charge in [-0.15, -0.1) is 0 Å². The van der Waals surface area contributed by atoms with Crippen molar-refractivity contribution in [1.82, 2.24) is 0 Å². The minimum Gasteiger partial charge on any atom is -0.489 e. The first-order valence-electron chi connectivity index (χ1n) is 6.37. The minimum atomic E-state index is 0.495. The van der Waals surface area contributed by atoms with Gasteiger partial charge in [-0.2, -0.15) is 0 Å². The summed E-state index contributed by atoms with van der Waals surface area (Å²) in [6, 6.07) is 19.1. The van der Waals surface area contributed by atoms with Crippen LogP contribution < -0.4 is 9.47 Å². The Balaban J connectivity index is 1.60. The van der Waals surface area contributed by atoms with Crippen LogP contribution >= 0.6 is 0 Å². The summed E-state index contributed by atoms with van der Waals surface area (Å²) in [7, 11) is 0. The molecular formula is C17H14O3. The Labute approximate surface area is 117 Å². The molecule has 2 aromatic carbocycles. The van der Waals surface area contributed by atoms with Gasteiger partial charge >= 0.3 is 0 Å². The fraction of sp³-hybridized carbons (Fsp3) is 0.0588. The molecule has 3 aromatic rings. The molecule has 0 radical (unpaired) electrons. The minimum absolute atomic E-state index is 0.495. The highest BCUT2D eigenvalue weighted by Gasteiger charge is 1.99. The molecule has 3 heteroatoms. The highest BCUT2D eigenvalue weighted by molar-refractivity contribution is 5.35. The third-order valence-electron chi connectivity index (χ3n) is 2.79. The predicted molar refractivity (Wildman–Crippen MR) is 76.0 cm³/mol. The van der Waals surface area contributed by atoms with E-state index in [4.69, 9.17) is 13.9 Å². The number of rotatable bonds is 5. The third-order valence-corrected chi connectivity index (χ3v) is 2.79. The maximum Gasteiger partial charge on any atom is 0.127 e. The predicted octanol–water partition coefficient (Wildman–Crippen LogP) is 4.65. The number of ether oxygens (including phenoxy) is 2. The van der Waals surface area contributed by atoms with Gasteiger partial charge in [0, 0.05) is 5.56 Å². The molecule has 0 atom stereocenters. The molecule has 0 unspecified atom stereocenters. The second-order valence-corrected chi connectivity index (χ2v) is 4.31. The lowest BCUT2D eigenvalue weighted by atomic mass is 10.3. The molecule has 0 bridgehead atoms. The first-order valence-corrected chi connectivity index (χ1v) is 6.37. The Hall–Kier alpha value is -2.68. The van der Waals surface area contributed by atoms with E-state index in [1.165, 1.54) is 0 Å². The number of hydrogen-bond acceptors (Lipinski definition) is 3. The quantitative estimate of drug-likeness (QED) is 0.673. The molecule has 20 heavy (non-hydrogen) atoms. The molecule has 0 aliphatic carbocycles. The normalized spacial score (nSPS) is 10.2. The smallest absolute Gasteiger partial charge is 0.127 e. The van der Waals surface area contributed by atoms with E-state index in [0.717, 1.165) is 22.8 Å². The molecule has 0 aliphatic heterocycles. The number of para-hydroxylation sites is 1. The largest absolute Gasteiger partial charge is 0.489 e. The van der Waals surface area contributed by atoms with Gasteiger partial charge in [0.25, 0.3) is 0 Å². The Morgan fingerprint density at radius 3 is 2.15 bits per heavy atom. The van der Waals surface area contributed by atoms with E-state index in [1.807, 2.05) is 60.7 Å². The lowest BCUT2D eigenvalue weighted by Gasteiger charge is -2.07. The first kappa shape index (κ1) is 12.4. The zero-order valence-corrected chi connectivity index (χ0v) is 10.9. The fourth-order valence-electron chi connectivity index (χ4n) is 1.77. The van der Waals surface area contributed by atoms with Crippen LogP contribution in [0.15, 0.2) is 77.6 Å². The molecule has 3 rings (SSSR count). The van der Waals surface area contributed by atoms with E-state index in [-0.39, 0.29) is 0 Å². The molecule has 1 heterocycles. The van der Waals surface area contributed by atoms with Crippen LogP contribution in [0.1, 0.15) is 5.56 Å². The van der Waals surface area contributed by atoms with Crippen molar-refractivity contribution in [2.24, 2.45) is 0 Å². The monoisotopic (exact) mass is 266 g/mol. The number of hydrogen-bond donors (Lipinski definition) is 0. The summed E-state index contributed by atoms with van der Waals surface area (Å²) in [5.41, 5.74) is 1.01. The molecule has 0 fully saturated rings. The zero-order valence-electron chi connectivity index (χ0n) is 10.9. The van der Waals surface area contributed by atoms with Gasteiger partial charge in [0.1, 0.15) is 23.9 Å². The van der Waals surface area contributed by atoms with Crippen LogP contribution in [0, 0.1) is 0 Å². The van der Waals surface area contributed by atoms with Crippen LogP contribution in [0.25, 0.3) is 0 Å². The maximum atomic E-state index is 5.71. The van der Waals surface area contributed by atoms with Gasteiger partial charge in [-0.3, -0.25) is 0 Å². The van der Waals surface area contributed by atoms with Crippen molar-refractivity contribution in [3.8, 4) is 17.2 Å². The zero-order chi connectivity index (χ0) is 13.6. The Morgan fingerprint density at radius 1 is 0.750 bits per heavy atom. The molecule has 0 N–H and O–H groups in total. The Kier molecular flexibility index (Phi) is 3.69. The van der Waals surface area contributed by atoms with E-state index in [0.29, 0.717) is 6.61 Å². The van der Waals surface area contributed by atoms with Gasteiger partial charge in [-0.05, 0) is 42.5 Å². The van der Waals surface area contributed by atoms with Gasteiger partial charge in [-0.1, -0.05) is 18.2 Å². The van der Waals surface area contributed by atoms with E-state index >= 15 is 0 Å². The van der Waals surface area contributed by atoms with Crippen LogP contribution in [-0.2, 0) is 6.61 Å². The number of furan rings is 1. The van der Waals surface area contributed by atoms with Crippen molar-refractivity contribution < 1.29 is 13.9 Å². The van der Waals surface area contributed by atoms with Crippen molar-refractivity contribution in [1.29, 1.82) is 0 Å². The topological polar surface area (TPSA) is 31.6 Å². The molecule has 1 aromatic heterocycles. The molecule has 3 nitrogen and oxygen atoms in total. The summed E-state index contributed by atoms with van der Waals surface area (Å²) in [6.07, 6.45) is 3.31. The van der Waals surface area contributed by atoms with Crippen LogP contribution in [0.3, 0.4) is 0 Å². The lowest BCUT2D eigenvalue weighted by molar-refractivity contribution is 0.304. The van der Waals surface area contributed by atoms with E-state index in [1.54, 1.807) is 12.5 Å². The van der Waals surface area contributed by atoms with Gasteiger partial charge in [0.2, 0.25) is 0 Å². The summed E-state index contributed by atoms with van der Waals surface area (Å²) in [4.78, 5) is 0. The average Bonchev–Trinajstić information content (AvgIpc) is 3.01. The standard InChI is InChI=1S/C17H14O3/c1-2-4-16(5-3-1)20-17-8-6-15(7-9-17)19-13-14-10-11-18-12-14/h1-12H,13H2. The van der Waals surface area contributed by atoms with Crippen molar-refractivity contribution in [3.05, 3.63) is 78.8 Å². The molecule has 0 aliphatic rings. The van der Waals surface area contributed by atoms with Gasteiger partial charge in [-0.25, -0.2) is 0 Å². The van der Waals surface area contributed by atoms with Crippen LogP contribution in [0.4, 0.5) is 0 Å². The summed E-state index contributed by atoms with van der Waals surface area (Å²) in [5.74, 6) is 2.40. The molecule has 0 amide bonds. The van der Waals surface area contributed by atoms with Crippen LogP contribution in [0.2, 0.25) is 0 Å².